The lowest BCUT2D eigenvalue weighted by atomic mass is 10.1. The second-order valence-corrected chi connectivity index (χ2v) is 3.59. The molecule has 0 fully saturated rings. The molecule has 0 aromatic rings. The van der Waals surface area contributed by atoms with Crippen LogP contribution in [-0.2, 0) is 4.79 Å². The number of Topliss-reactive ketones (excluding diaryl/α,β-unsaturated/α-hetero) is 1. The normalized spacial score (nSPS) is 10.1. The molecule has 0 aromatic carbocycles. The lowest BCUT2D eigenvalue weighted by molar-refractivity contribution is -0.120. The number of carbonyl (C=O) groups excluding carboxylic acids is 1. The Morgan fingerprint density at radius 1 is 1.78 bits per heavy atom. The van der Waals surface area contributed by atoms with Crippen molar-refractivity contribution in [2.24, 2.45) is 5.92 Å². The molecule has 0 radical (unpaired) electrons. The van der Waals surface area contributed by atoms with Crippen LogP contribution < -0.4 is 3.53 Å². The number of hydrogen-bond donors (Lipinski definition) is 1. The van der Waals surface area contributed by atoms with E-state index < -0.39 is 0 Å². The molecule has 0 saturated heterocycles. The standard InChI is InChI=1S/C6H12INO/c1-5(2)6(9)4-8-7-3/h5,8H,3-4H2,1-2H3. The number of carbonyl (C=O) groups is 1. The second-order valence-electron chi connectivity index (χ2n) is 2.07. The zero-order valence-corrected chi connectivity index (χ0v) is 7.94. The third-order valence-electron chi connectivity index (χ3n) is 0.979. The molecule has 0 saturated carbocycles. The van der Waals surface area contributed by atoms with Gasteiger partial charge >= 0.3 is 0 Å². The second kappa shape index (κ2) is 5.05. The fraction of sp³-hybridized carbons (Fsp3) is 0.667. The maximum atomic E-state index is 10.8. The van der Waals surface area contributed by atoms with Crippen LogP contribution in [0, 0.1) is 5.92 Å². The van der Waals surface area contributed by atoms with E-state index in [1.165, 1.54) is 0 Å². The molecule has 0 heterocycles. The third-order valence-corrected chi connectivity index (χ3v) is 1.90. The van der Waals surface area contributed by atoms with Gasteiger partial charge in [0.15, 0.2) is 0 Å². The molecule has 2 nitrogen and oxygen atoms in total. The molecule has 0 bridgehead atoms. The van der Waals surface area contributed by atoms with Crippen LogP contribution in [0.1, 0.15) is 13.8 Å². The predicted octanol–water partition coefficient (Wildman–Crippen LogP) is 1.12. The quantitative estimate of drug-likeness (QED) is 0.590. The molecule has 0 aliphatic carbocycles. The van der Waals surface area contributed by atoms with Crippen molar-refractivity contribution in [3.8, 4) is 0 Å². The van der Waals surface area contributed by atoms with E-state index in [2.05, 4.69) is 8.04 Å². The SMILES string of the molecule is C=INCC(=O)C(C)C. The Labute approximate surface area is 66.1 Å². The van der Waals surface area contributed by atoms with Gasteiger partial charge in [0.05, 0.1) is 6.54 Å². The highest BCUT2D eigenvalue weighted by Crippen LogP contribution is 1.93. The van der Waals surface area contributed by atoms with E-state index in [1.807, 2.05) is 13.8 Å². The minimum Gasteiger partial charge on any atom is -0.298 e. The van der Waals surface area contributed by atoms with E-state index in [9.17, 15) is 4.79 Å². The predicted molar refractivity (Wildman–Crippen MR) is 49.0 cm³/mol. The number of ketones is 1. The molecule has 0 aliphatic rings. The third kappa shape index (κ3) is 4.72. The summed E-state index contributed by atoms with van der Waals surface area (Å²) in [4.78, 5) is 10.8. The smallest absolute Gasteiger partial charge is 0.149 e. The van der Waals surface area contributed by atoms with Crippen LogP contribution in [0.3, 0.4) is 0 Å². The summed E-state index contributed by atoms with van der Waals surface area (Å²) in [7, 11) is 0. The number of hydrogen-bond acceptors (Lipinski definition) is 2. The Bertz CT molecular complexity index is 112. The summed E-state index contributed by atoms with van der Waals surface area (Å²) in [6.07, 6.45) is 0. The fourth-order valence-electron chi connectivity index (χ4n) is 0.317. The molecular weight excluding hydrogens is 229 g/mol. The van der Waals surface area contributed by atoms with Gasteiger partial charge in [-0.2, -0.15) is 0 Å². The van der Waals surface area contributed by atoms with Gasteiger partial charge in [-0.05, 0) is 21.0 Å². The Kier molecular flexibility index (Phi) is 5.18. The van der Waals surface area contributed by atoms with Gasteiger partial charge in [0, 0.05) is 5.92 Å². The molecule has 54 valence electrons. The van der Waals surface area contributed by atoms with Crippen molar-refractivity contribution < 1.29 is 4.79 Å². The molecule has 1 N–H and O–H groups in total. The maximum absolute atomic E-state index is 10.8. The molecule has 0 aliphatic heterocycles. The Balaban J connectivity index is 3.38. The van der Waals surface area contributed by atoms with Crippen molar-refractivity contribution in [2.75, 3.05) is 6.54 Å². The number of halogens is 1. The zero-order valence-electron chi connectivity index (χ0n) is 5.78. The average Bonchev–Trinajstić information content (AvgIpc) is 1.82. The van der Waals surface area contributed by atoms with Crippen molar-refractivity contribution >= 4 is 31.3 Å². The molecule has 0 atom stereocenters. The Hall–Kier alpha value is 0.230. The average molecular weight is 241 g/mol. The molecule has 0 aromatic heterocycles. The maximum Gasteiger partial charge on any atom is 0.149 e. The summed E-state index contributed by atoms with van der Waals surface area (Å²) in [5.41, 5.74) is 0. The molecule has 0 rings (SSSR count). The van der Waals surface area contributed by atoms with Gasteiger partial charge in [-0.15, -0.1) is 0 Å². The topological polar surface area (TPSA) is 29.1 Å². The summed E-state index contributed by atoms with van der Waals surface area (Å²) in [6, 6.07) is 0. The first-order valence-corrected chi connectivity index (χ1v) is 5.42. The van der Waals surface area contributed by atoms with Crippen LogP contribution in [0.2, 0.25) is 0 Å². The molecule has 0 unspecified atom stereocenters. The van der Waals surface area contributed by atoms with Gasteiger partial charge in [0.2, 0.25) is 0 Å². The van der Waals surface area contributed by atoms with E-state index in [0.29, 0.717) is 6.54 Å². The van der Waals surface area contributed by atoms with Crippen molar-refractivity contribution in [2.45, 2.75) is 13.8 Å². The first-order valence-electron chi connectivity index (χ1n) is 2.81. The van der Waals surface area contributed by atoms with Gasteiger partial charge in [-0.3, -0.25) is 8.32 Å². The lowest BCUT2D eigenvalue weighted by Crippen LogP contribution is -2.19. The van der Waals surface area contributed by atoms with Gasteiger partial charge < -0.3 is 0 Å². The summed E-state index contributed by atoms with van der Waals surface area (Å²) in [5, 5.41) is 0. The monoisotopic (exact) mass is 241 g/mol. The molecule has 9 heavy (non-hydrogen) atoms. The summed E-state index contributed by atoms with van der Waals surface area (Å²) < 4.78 is 6.64. The minimum absolute atomic E-state index is 0.160. The number of nitrogens with one attached hydrogen (secondary N) is 1. The van der Waals surface area contributed by atoms with Crippen LogP contribution >= 0.6 is 21.0 Å². The van der Waals surface area contributed by atoms with Gasteiger partial charge in [0.25, 0.3) is 0 Å². The van der Waals surface area contributed by atoms with Crippen LogP contribution in [-0.4, -0.2) is 16.8 Å². The van der Waals surface area contributed by atoms with Crippen molar-refractivity contribution in [1.82, 2.24) is 3.53 Å². The summed E-state index contributed by atoms with van der Waals surface area (Å²) >= 11 is -0.173. The highest BCUT2D eigenvalue weighted by molar-refractivity contribution is 14.2. The van der Waals surface area contributed by atoms with E-state index in [1.54, 1.807) is 0 Å². The first-order chi connectivity index (χ1) is 4.18. The Morgan fingerprint density at radius 3 is 2.67 bits per heavy atom. The minimum atomic E-state index is -0.173. The summed E-state index contributed by atoms with van der Waals surface area (Å²) in [6.45, 7) is 4.32. The van der Waals surface area contributed by atoms with Crippen molar-refractivity contribution in [1.29, 1.82) is 0 Å². The highest BCUT2D eigenvalue weighted by atomic mass is 127. The molecule has 3 heteroatoms. The van der Waals surface area contributed by atoms with Crippen molar-refractivity contribution in [3.05, 3.63) is 0 Å². The van der Waals surface area contributed by atoms with Crippen molar-refractivity contribution in [3.63, 3.8) is 0 Å². The van der Waals surface area contributed by atoms with Crippen LogP contribution in [0.4, 0.5) is 0 Å². The van der Waals surface area contributed by atoms with Crippen LogP contribution in [0.5, 0.6) is 0 Å². The van der Waals surface area contributed by atoms with E-state index in [4.69, 9.17) is 0 Å². The number of rotatable bonds is 4. The van der Waals surface area contributed by atoms with E-state index >= 15 is 0 Å². The Morgan fingerprint density at radius 2 is 2.33 bits per heavy atom. The summed E-state index contributed by atoms with van der Waals surface area (Å²) in [5.74, 6) is 0.436. The van der Waals surface area contributed by atoms with Gasteiger partial charge in [0.1, 0.15) is 5.78 Å². The fourth-order valence-corrected chi connectivity index (χ4v) is 0.963. The lowest BCUT2D eigenvalue weighted by Gasteiger charge is -2.00. The van der Waals surface area contributed by atoms with Gasteiger partial charge in [-0.25, -0.2) is 0 Å². The van der Waals surface area contributed by atoms with Crippen LogP contribution in [0.25, 0.3) is 0 Å². The van der Waals surface area contributed by atoms with E-state index in [-0.39, 0.29) is 32.7 Å². The molecule has 0 spiro atoms. The largest absolute Gasteiger partial charge is 0.298 e. The first kappa shape index (κ1) is 9.23. The van der Waals surface area contributed by atoms with Gasteiger partial charge in [-0.1, -0.05) is 18.4 Å². The molecule has 0 amide bonds. The molecular formula is C6H12INO. The zero-order chi connectivity index (χ0) is 7.28. The van der Waals surface area contributed by atoms with Crippen LogP contribution in [0.15, 0.2) is 0 Å². The highest BCUT2D eigenvalue weighted by Gasteiger charge is 2.03. The van der Waals surface area contributed by atoms with E-state index in [0.717, 1.165) is 0 Å².